The Bertz CT molecular complexity index is 987. The number of β-amino-alcohol motifs (C(OH)–C–C–N with tert-alkyl or cyclic N) is 1. The minimum absolute atomic E-state index is 0. The van der Waals surface area contributed by atoms with Crippen molar-refractivity contribution in [1.82, 2.24) is 14.9 Å². The molecule has 4 rings (SSSR count). The Morgan fingerprint density at radius 1 is 1.35 bits per heavy atom. The van der Waals surface area contributed by atoms with Gasteiger partial charge in [-0.3, -0.25) is 9.36 Å². The lowest BCUT2D eigenvalue weighted by atomic mass is 10.0. The summed E-state index contributed by atoms with van der Waals surface area (Å²) in [5.41, 5.74) is 1.45. The van der Waals surface area contributed by atoms with Crippen LogP contribution in [-0.2, 0) is 0 Å². The van der Waals surface area contributed by atoms with Gasteiger partial charge in [0.2, 0.25) is 0 Å². The van der Waals surface area contributed by atoms with E-state index in [1.54, 1.807) is 16.7 Å². The number of aliphatic hydroxyl groups is 1. The van der Waals surface area contributed by atoms with Crippen molar-refractivity contribution in [3.05, 3.63) is 51.6 Å². The second-order valence-electron chi connectivity index (χ2n) is 6.30. The van der Waals surface area contributed by atoms with E-state index in [1.807, 2.05) is 6.92 Å². The van der Waals surface area contributed by atoms with E-state index in [4.69, 9.17) is 0 Å². The maximum Gasteiger partial charge on any atom is 0.263 e. The van der Waals surface area contributed by atoms with Crippen molar-refractivity contribution < 1.29 is 9.50 Å². The monoisotopic (exact) mass is 395 g/mol. The maximum absolute atomic E-state index is 13.3. The van der Waals surface area contributed by atoms with Crippen LogP contribution in [0, 0.1) is 12.7 Å². The highest BCUT2D eigenvalue weighted by Crippen LogP contribution is 2.35. The summed E-state index contributed by atoms with van der Waals surface area (Å²) in [6, 6.07) is 5.86. The minimum Gasteiger partial charge on any atom is -0.390 e. The highest BCUT2D eigenvalue weighted by atomic mass is 35.5. The molecule has 1 fully saturated rings. The minimum atomic E-state index is -0.625. The summed E-state index contributed by atoms with van der Waals surface area (Å²) in [6.45, 7) is 3.15. The summed E-state index contributed by atoms with van der Waals surface area (Å²) in [6.07, 6.45) is 1.58. The van der Waals surface area contributed by atoms with E-state index in [2.05, 4.69) is 10.3 Å². The van der Waals surface area contributed by atoms with Gasteiger partial charge in [-0.1, -0.05) is 12.1 Å². The number of aromatic nitrogens is 2. The molecule has 0 amide bonds. The smallest absolute Gasteiger partial charge is 0.263 e. The van der Waals surface area contributed by atoms with Crippen molar-refractivity contribution >= 4 is 34.0 Å². The molecule has 0 bridgehead atoms. The van der Waals surface area contributed by atoms with Crippen molar-refractivity contribution in [2.24, 2.45) is 0 Å². The third-order valence-corrected chi connectivity index (χ3v) is 5.73. The molecule has 0 unspecified atom stereocenters. The molecule has 0 radical (unpaired) electrons. The quantitative estimate of drug-likeness (QED) is 0.700. The molecule has 2 atom stereocenters. The SMILES string of the molecule is Cc1sc2ncn([C@@H]3CCNC[C@H]3O)c(=O)c2c1-c1ccc(F)cc1.Cl. The van der Waals surface area contributed by atoms with Gasteiger partial charge in [-0.15, -0.1) is 23.7 Å². The summed E-state index contributed by atoms with van der Waals surface area (Å²) in [4.78, 5) is 19.3. The molecular weight excluding hydrogens is 377 g/mol. The van der Waals surface area contributed by atoms with Crippen LogP contribution in [0.2, 0.25) is 0 Å². The zero-order valence-electron chi connectivity index (χ0n) is 14.1. The third kappa shape index (κ3) is 3.16. The summed E-state index contributed by atoms with van der Waals surface area (Å²) in [5.74, 6) is -0.311. The van der Waals surface area contributed by atoms with Crippen LogP contribution in [0.4, 0.5) is 4.39 Å². The fourth-order valence-electron chi connectivity index (χ4n) is 3.47. The molecule has 0 spiro atoms. The normalized spacial score (nSPS) is 20.1. The number of hydrogen-bond donors (Lipinski definition) is 2. The maximum atomic E-state index is 13.3. The number of benzene rings is 1. The topological polar surface area (TPSA) is 67.2 Å². The largest absolute Gasteiger partial charge is 0.390 e. The van der Waals surface area contributed by atoms with Crippen LogP contribution in [0.15, 0.2) is 35.4 Å². The molecule has 26 heavy (non-hydrogen) atoms. The van der Waals surface area contributed by atoms with E-state index in [-0.39, 0.29) is 29.8 Å². The molecule has 5 nitrogen and oxygen atoms in total. The zero-order valence-corrected chi connectivity index (χ0v) is 15.7. The summed E-state index contributed by atoms with van der Waals surface area (Å²) in [5, 5.41) is 13.9. The first-order valence-corrected chi connectivity index (χ1v) is 9.03. The first-order valence-electron chi connectivity index (χ1n) is 8.21. The van der Waals surface area contributed by atoms with E-state index >= 15 is 0 Å². The average molecular weight is 396 g/mol. The number of piperidine rings is 1. The number of rotatable bonds is 2. The molecule has 2 aromatic heterocycles. The Hall–Kier alpha value is -1.80. The van der Waals surface area contributed by atoms with Crippen LogP contribution in [0.5, 0.6) is 0 Å². The van der Waals surface area contributed by atoms with Gasteiger partial charge in [0.25, 0.3) is 5.56 Å². The molecule has 1 aliphatic heterocycles. The van der Waals surface area contributed by atoms with Crippen LogP contribution < -0.4 is 10.9 Å². The number of aryl methyl sites for hydroxylation is 1. The van der Waals surface area contributed by atoms with Gasteiger partial charge in [0.15, 0.2) is 0 Å². The van der Waals surface area contributed by atoms with Gasteiger partial charge in [0.05, 0.1) is 23.9 Å². The standard InChI is InChI=1S/C18H18FN3O2S.ClH/c1-10-15(11-2-4-12(19)5-3-11)16-17(25-10)21-9-22(18(16)24)13-6-7-20-8-14(13)23;/h2-5,9,13-14,20,23H,6-8H2,1H3;1H/t13-,14-;/m1./s1. The van der Waals surface area contributed by atoms with Crippen molar-refractivity contribution in [2.45, 2.75) is 25.5 Å². The highest BCUT2D eigenvalue weighted by molar-refractivity contribution is 7.19. The highest BCUT2D eigenvalue weighted by Gasteiger charge is 2.27. The Kier molecular flexibility index (Phi) is 5.43. The Morgan fingerprint density at radius 2 is 2.08 bits per heavy atom. The molecule has 2 N–H and O–H groups in total. The van der Waals surface area contributed by atoms with Crippen LogP contribution in [0.25, 0.3) is 21.3 Å². The second-order valence-corrected chi connectivity index (χ2v) is 7.51. The number of hydrogen-bond acceptors (Lipinski definition) is 5. The number of nitrogens with zero attached hydrogens (tertiary/aromatic N) is 2. The van der Waals surface area contributed by atoms with E-state index in [9.17, 15) is 14.3 Å². The Balaban J connectivity index is 0.00000196. The first kappa shape index (κ1) is 19.0. The lowest BCUT2D eigenvalue weighted by Gasteiger charge is -2.29. The molecule has 0 aliphatic carbocycles. The number of nitrogens with one attached hydrogen (secondary N) is 1. The van der Waals surface area contributed by atoms with Crippen molar-refractivity contribution in [2.75, 3.05) is 13.1 Å². The van der Waals surface area contributed by atoms with Crippen LogP contribution in [-0.4, -0.2) is 33.9 Å². The average Bonchev–Trinajstić information content (AvgIpc) is 2.94. The molecule has 1 aromatic carbocycles. The number of fused-ring (bicyclic) bond motifs is 1. The molecule has 138 valence electrons. The van der Waals surface area contributed by atoms with Crippen molar-refractivity contribution in [3.8, 4) is 11.1 Å². The molecule has 1 saturated heterocycles. The van der Waals surface area contributed by atoms with Crippen molar-refractivity contribution in [1.29, 1.82) is 0 Å². The summed E-state index contributed by atoms with van der Waals surface area (Å²) >= 11 is 1.46. The fourth-order valence-corrected chi connectivity index (χ4v) is 4.47. The van der Waals surface area contributed by atoms with Gasteiger partial charge in [0, 0.05) is 17.0 Å². The fraction of sp³-hybridized carbons (Fsp3) is 0.333. The third-order valence-electron chi connectivity index (χ3n) is 4.72. The van der Waals surface area contributed by atoms with Gasteiger partial charge < -0.3 is 10.4 Å². The molecule has 1 aliphatic rings. The van der Waals surface area contributed by atoms with Crippen molar-refractivity contribution in [3.63, 3.8) is 0 Å². The van der Waals surface area contributed by atoms with Gasteiger partial charge in [0.1, 0.15) is 10.6 Å². The van der Waals surface area contributed by atoms with Crippen LogP contribution in [0.1, 0.15) is 17.3 Å². The van der Waals surface area contributed by atoms with Gasteiger partial charge >= 0.3 is 0 Å². The van der Waals surface area contributed by atoms with Gasteiger partial charge in [-0.2, -0.15) is 0 Å². The first-order chi connectivity index (χ1) is 12.1. The predicted octanol–water partition coefficient (Wildman–Crippen LogP) is 2.89. The molecule has 3 heterocycles. The van der Waals surface area contributed by atoms with Gasteiger partial charge in [-0.25, -0.2) is 9.37 Å². The molecule has 0 saturated carbocycles. The van der Waals surface area contributed by atoms with E-state index < -0.39 is 6.10 Å². The Morgan fingerprint density at radius 3 is 2.77 bits per heavy atom. The van der Waals surface area contributed by atoms with Gasteiger partial charge in [-0.05, 0) is 37.6 Å². The lowest BCUT2D eigenvalue weighted by molar-refractivity contribution is 0.0852. The van der Waals surface area contributed by atoms with E-state index in [0.717, 1.165) is 22.5 Å². The van der Waals surface area contributed by atoms with Crippen LogP contribution >= 0.6 is 23.7 Å². The Labute approximate surface area is 159 Å². The summed E-state index contributed by atoms with van der Waals surface area (Å²) < 4.78 is 14.8. The predicted molar refractivity (Wildman–Crippen MR) is 104 cm³/mol. The molecular formula is C18H19ClFN3O2S. The lowest BCUT2D eigenvalue weighted by Crippen LogP contribution is -2.44. The second kappa shape index (κ2) is 7.44. The summed E-state index contributed by atoms with van der Waals surface area (Å²) in [7, 11) is 0. The van der Waals surface area contributed by atoms with E-state index in [1.165, 1.54) is 29.8 Å². The number of thiophene rings is 1. The molecule has 3 aromatic rings. The number of aliphatic hydroxyl groups excluding tert-OH is 1. The molecule has 8 heteroatoms. The zero-order chi connectivity index (χ0) is 17.6. The van der Waals surface area contributed by atoms with E-state index in [0.29, 0.717) is 23.2 Å². The van der Waals surface area contributed by atoms with Crippen LogP contribution in [0.3, 0.4) is 0 Å². The number of halogens is 2.